The van der Waals surface area contributed by atoms with Gasteiger partial charge in [-0.15, -0.1) is 0 Å². The van der Waals surface area contributed by atoms with Gasteiger partial charge in [0.1, 0.15) is 0 Å². The average molecular weight is 607 g/mol. The molecular formula is C39H66N4O. The second kappa shape index (κ2) is 11.0. The fraction of sp³-hybridized carbons (Fsp3) is 0.846. The van der Waals surface area contributed by atoms with Gasteiger partial charge in [0.25, 0.3) is 0 Å². The van der Waals surface area contributed by atoms with Crippen LogP contribution >= 0.6 is 0 Å². The molecule has 0 radical (unpaired) electrons. The third-order valence-electron chi connectivity index (χ3n) is 14.4. The molecular weight excluding hydrogens is 540 g/mol. The Hall–Kier alpha value is -0.980. The highest BCUT2D eigenvalue weighted by Gasteiger charge is 2.66. The zero-order valence-electron chi connectivity index (χ0n) is 30.1. The van der Waals surface area contributed by atoms with E-state index in [2.05, 4.69) is 126 Å². The lowest BCUT2D eigenvalue weighted by atomic mass is 9.51. The molecule has 4 aliphatic heterocycles. The molecule has 6 aliphatic rings. The van der Waals surface area contributed by atoms with Crippen molar-refractivity contribution in [2.45, 2.75) is 147 Å². The van der Waals surface area contributed by atoms with Gasteiger partial charge >= 0.3 is 0 Å². The number of fused-ring (bicyclic) bond motifs is 2. The molecule has 1 N–H and O–H groups in total. The maximum Gasteiger partial charge on any atom is 0.0713 e. The number of rotatable bonds is 4. The Labute approximate surface area is 270 Å². The number of aliphatic hydroxyl groups excluding tert-OH is 1. The summed E-state index contributed by atoms with van der Waals surface area (Å²) in [7, 11) is 4.67. The van der Waals surface area contributed by atoms with Crippen LogP contribution in [0.2, 0.25) is 0 Å². The third-order valence-corrected chi connectivity index (χ3v) is 14.4. The lowest BCUT2D eigenvalue weighted by molar-refractivity contribution is -0.237. The van der Waals surface area contributed by atoms with Crippen LogP contribution in [0.15, 0.2) is 36.5 Å². The number of piperidine rings is 4. The molecule has 0 aromatic carbocycles. The van der Waals surface area contributed by atoms with Crippen LogP contribution in [0.5, 0.6) is 0 Å². The van der Waals surface area contributed by atoms with E-state index >= 15 is 0 Å². The van der Waals surface area contributed by atoms with Gasteiger partial charge < -0.3 is 5.11 Å². The van der Waals surface area contributed by atoms with E-state index in [9.17, 15) is 5.11 Å². The highest BCUT2D eigenvalue weighted by Crippen LogP contribution is 2.58. The van der Waals surface area contributed by atoms with E-state index in [0.717, 1.165) is 32.6 Å². The molecule has 5 nitrogen and oxygen atoms in total. The topological polar surface area (TPSA) is 33.2 Å². The summed E-state index contributed by atoms with van der Waals surface area (Å²) in [5.41, 5.74) is 0.248. The fourth-order valence-corrected chi connectivity index (χ4v) is 11.5. The van der Waals surface area contributed by atoms with Crippen LogP contribution in [0.4, 0.5) is 0 Å². The summed E-state index contributed by atoms with van der Waals surface area (Å²) in [6, 6.07) is 1.07. The predicted molar refractivity (Wildman–Crippen MR) is 185 cm³/mol. The van der Waals surface area contributed by atoms with E-state index < -0.39 is 0 Å². The van der Waals surface area contributed by atoms with Crippen LogP contribution in [0.1, 0.15) is 107 Å². The Balaban J connectivity index is 1.45. The number of likely N-dealkylation sites (tertiary alicyclic amines) is 4. The number of allylic oxidation sites excluding steroid dienone is 6. The monoisotopic (exact) mass is 607 g/mol. The highest BCUT2D eigenvalue weighted by atomic mass is 16.3. The first kappa shape index (κ1) is 32.9. The van der Waals surface area contributed by atoms with Gasteiger partial charge in [-0.1, -0.05) is 36.5 Å². The minimum Gasteiger partial charge on any atom is -0.392 e. The molecule has 0 spiro atoms. The molecule has 0 saturated carbocycles. The van der Waals surface area contributed by atoms with Crippen molar-refractivity contribution in [3.05, 3.63) is 36.5 Å². The van der Waals surface area contributed by atoms with E-state index in [4.69, 9.17) is 0 Å². The van der Waals surface area contributed by atoms with Gasteiger partial charge in [-0.2, -0.15) is 0 Å². The van der Waals surface area contributed by atoms with Crippen LogP contribution in [0.25, 0.3) is 0 Å². The summed E-state index contributed by atoms with van der Waals surface area (Å²) in [6.07, 6.45) is 23.5. The van der Waals surface area contributed by atoms with Crippen LogP contribution in [-0.2, 0) is 0 Å². The van der Waals surface area contributed by atoms with Crippen molar-refractivity contribution in [2.24, 2.45) is 22.7 Å². The Bertz CT molecular complexity index is 1050. The van der Waals surface area contributed by atoms with Gasteiger partial charge in [-0.3, -0.25) is 19.6 Å². The molecule has 4 fully saturated rings. The molecule has 3 unspecified atom stereocenters. The summed E-state index contributed by atoms with van der Waals surface area (Å²) >= 11 is 0. The largest absolute Gasteiger partial charge is 0.392 e. The van der Waals surface area contributed by atoms with Gasteiger partial charge in [0.15, 0.2) is 0 Å². The third kappa shape index (κ3) is 5.33. The van der Waals surface area contributed by atoms with Crippen molar-refractivity contribution in [1.29, 1.82) is 0 Å². The zero-order chi connectivity index (χ0) is 31.9. The van der Waals surface area contributed by atoms with Crippen molar-refractivity contribution in [1.82, 2.24) is 19.6 Å². The first-order chi connectivity index (χ1) is 20.4. The van der Waals surface area contributed by atoms with Crippen molar-refractivity contribution in [2.75, 3.05) is 40.3 Å². The maximum absolute atomic E-state index is 13.1. The van der Waals surface area contributed by atoms with E-state index in [1.165, 1.54) is 44.9 Å². The Kier molecular flexibility index (Phi) is 8.27. The number of hydrogen-bond donors (Lipinski definition) is 1. The summed E-state index contributed by atoms with van der Waals surface area (Å²) < 4.78 is 0. The van der Waals surface area contributed by atoms with Gasteiger partial charge in [0, 0.05) is 71.2 Å². The van der Waals surface area contributed by atoms with Crippen molar-refractivity contribution < 1.29 is 5.11 Å². The van der Waals surface area contributed by atoms with Gasteiger partial charge in [0.05, 0.1) is 6.10 Å². The summed E-state index contributed by atoms with van der Waals surface area (Å²) in [4.78, 5) is 11.1. The second-order valence-electron chi connectivity index (χ2n) is 18.8. The molecule has 5 heteroatoms. The summed E-state index contributed by atoms with van der Waals surface area (Å²) in [5.74, 6) is 0.790. The first-order valence-electron chi connectivity index (χ1n) is 18.1. The lowest BCUT2D eigenvalue weighted by Gasteiger charge is -2.69. The molecule has 2 aliphatic carbocycles. The van der Waals surface area contributed by atoms with E-state index in [0.29, 0.717) is 23.9 Å². The average Bonchev–Trinajstić information content (AvgIpc) is 2.95. The summed E-state index contributed by atoms with van der Waals surface area (Å²) in [6.45, 7) is 23.7. The zero-order valence-corrected chi connectivity index (χ0v) is 30.1. The molecule has 0 aromatic rings. The number of hydrogen-bond acceptors (Lipinski definition) is 5. The van der Waals surface area contributed by atoms with E-state index in [1.54, 1.807) is 0 Å². The number of aliphatic hydroxyl groups is 1. The van der Waals surface area contributed by atoms with E-state index in [-0.39, 0.29) is 39.1 Å². The molecule has 6 rings (SSSR count). The Morgan fingerprint density at radius 2 is 1.05 bits per heavy atom. The van der Waals surface area contributed by atoms with Crippen molar-refractivity contribution in [3.63, 3.8) is 0 Å². The Morgan fingerprint density at radius 3 is 1.43 bits per heavy atom. The fourth-order valence-electron chi connectivity index (χ4n) is 11.5. The lowest BCUT2D eigenvalue weighted by Crippen LogP contribution is -2.78. The quantitative estimate of drug-likeness (QED) is 0.359. The molecule has 0 amide bonds. The van der Waals surface area contributed by atoms with Crippen LogP contribution < -0.4 is 0 Å². The van der Waals surface area contributed by atoms with Crippen LogP contribution in [0.3, 0.4) is 0 Å². The molecule has 44 heavy (non-hydrogen) atoms. The molecule has 4 heterocycles. The normalized spacial score (nSPS) is 41.7. The van der Waals surface area contributed by atoms with Crippen LogP contribution in [-0.4, -0.2) is 105 Å². The van der Waals surface area contributed by atoms with Crippen molar-refractivity contribution in [3.8, 4) is 0 Å². The minimum atomic E-state index is -0.295. The van der Waals surface area contributed by atoms with E-state index in [1.807, 2.05) is 0 Å². The molecule has 248 valence electrons. The first-order valence-corrected chi connectivity index (χ1v) is 18.1. The second-order valence-corrected chi connectivity index (χ2v) is 18.8. The SMILES string of the molecule is CN1C(C)(C)CC(N2CC3(C4C=CC=CC4)CN(C4CC(C)(C)N(C)C(C)(C)C4)CC(C4C=CCCC4)(C2)C3O)CC1(C)C. The van der Waals surface area contributed by atoms with Crippen LogP contribution in [0, 0.1) is 22.7 Å². The van der Waals surface area contributed by atoms with Gasteiger partial charge in [-0.05, 0) is 133 Å². The molecule has 3 atom stereocenters. The molecule has 4 saturated heterocycles. The smallest absolute Gasteiger partial charge is 0.0713 e. The number of nitrogens with zero attached hydrogens (tertiary/aromatic N) is 4. The molecule has 2 bridgehead atoms. The molecule has 0 aromatic heterocycles. The maximum atomic E-state index is 13.1. The van der Waals surface area contributed by atoms with Crippen molar-refractivity contribution >= 4 is 0 Å². The highest BCUT2D eigenvalue weighted by molar-refractivity contribution is 5.24. The minimum absolute atomic E-state index is 0.146. The van der Waals surface area contributed by atoms with Gasteiger partial charge in [0.2, 0.25) is 0 Å². The summed E-state index contributed by atoms with van der Waals surface area (Å²) in [5, 5.41) is 13.1. The predicted octanol–water partition coefficient (Wildman–Crippen LogP) is 6.74. The van der Waals surface area contributed by atoms with Gasteiger partial charge in [-0.25, -0.2) is 0 Å². The standard InChI is InChI=1S/C39H66N4O/c1-34(2)21-31(22-35(3,4)40(34)9)42-25-38(29-17-13-11-14-18-29)27-43(32-23-36(5,6)41(10)37(7,8)24-32)28-39(26-42,33(38)44)30-19-15-12-16-20-30/h11,13-15,17,19,29-33,44H,12,16,18,20-28H2,1-10H3. The Morgan fingerprint density at radius 1 is 0.591 bits per heavy atom.